The van der Waals surface area contributed by atoms with Gasteiger partial charge < -0.3 is 15.4 Å². The third-order valence-electron chi connectivity index (χ3n) is 4.76. The van der Waals surface area contributed by atoms with Gasteiger partial charge in [0.1, 0.15) is 17.3 Å². The molecule has 0 bridgehead atoms. The van der Waals surface area contributed by atoms with Crippen LogP contribution >= 0.6 is 0 Å². The van der Waals surface area contributed by atoms with Gasteiger partial charge in [-0.1, -0.05) is 32.0 Å². The molecule has 1 aliphatic rings. The van der Waals surface area contributed by atoms with E-state index in [0.717, 1.165) is 30.7 Å². The van der Waals surface area contributed by atoms with Crippen LogP contribution in [0.25, 0.3) is 0 Å². The third-order valence-corrected chi connectivity index (χ3v) is 4.76. The molecule has 0 radical (unpaired) electrons. The van der Waals surface area contributed by atoms with Crippen LogP contribution in [0.2, 0.25) is 0 Å². The molecule has 1 atom stereocenters. The van der Waals surface area contributed by atoms with Crippen LogP contribution in [-0.2, 0) is 4.74 Å². The zero-order chi connectivity index (χ0) is 19.4. The van der Waals surface area contributed by atoms with Crippen molar-refractivity contribution in [3.8, 4) is 0 Å². The molecule has 3 rings (SSSR count). The molecule has 0 saturated carbocycles. The lowest BCUT2D eigenvalue weighted by molar-refractivity contribution is 0.0853. The fourth-order valence-electron chi connectivity index (χ4n) is 3.32. The van der Waals surface area contributed by atoms with Crippen molar-refractivity contribution in [2.45, 2.75) is 52.6 Å². The zero-order valence-electron chi connectivity index (χ0n) is 16.5. The van der Waals surface area contributed by atoms with E-state index in [4.69, 9.17) is 4.74 Å². The molecule has 0 spiro atoms. The molecule has 27 heavy (non-hydrogen) atoms. The Morgan fingerprint density at radius 3 is 2.81 bits per heavy atom. The molecule has 1 aliphatic heterocycles. The smallest absolute Gasteiger partial charge is 0.270 e. The minimum Gasteiger partial charge on any atom is -0.376 e. The molecule has 1 amide bonds. The number of hydrogen-bond acceptors (Lipinski definition) is 5. The average Bonchev–Trinajstić information content (AvgIpc) is 3.14. The number of nitrogens with zero attached hydrogens (tertiary/aromatic N) is 2. The van der Waals surface area contributed by atoms with Crippen LogP contribution in [0.1, 0.15) is 60.0 Å². The Balaban J connectivity index is 1.78. The summed E-state index contributed by atoms with van der Waals surface area (Å²) in [7, 11) is 0. The number of ether oxygens (including phenoxy) is 1. The van der Waals surface area contributed by atoms with Crippen molar-refractivity contribution in [2.75, 3.05) is 18.5 Å². The third kappa shape index (κ3) is 4.83. The van der Waals surface area contributed by atoms with Gasteiger partial charge in [0.05, 0.1) is 6.10 Å². The monoisotopic (exact) mass is 368 g/mol. The Kier molecular flexibility index (Phi) is 6.06. The van der Waals surface area contributed by atoms with Gasteiger partial charge in [0, 0.05) is 24.9 Å². The number of rotatable bonds is 6. The van der Waals surface area contributed by atoms with E-state index in [2.05, 4.69) is 59.6 Å². The maximum atomic E-state index is 12.5. The van der Waals surface area contributed by atoms with Gasteiger partial charge in [-0.05, 0) is 43.7 Å². The molecule has 2 N–H and O–H groups in total. The van der Waals surface area contributed by atoms with Crippen LogP contribution < -0.4 is 10.6 Å². The highest BCUT2D eigenvalue weighted by atomic mass is 16.5. The number of aryl methyl sites for hydroxylation is 2. The van der Waals surface area contributed by atoms with Gasteiger partial charge in [-0.3, -0.25) is 4.79 Å². The van der Waals surface area contributed by atoms with Crippen LogP contribution in [0.3, 0.4) is 0 Å². The van der Waals surface area contributed by atoms with Crippen LogP contribution in [0.5, 0.6) is 0 Å². The van der Waals surface area contributed by atoms with E-state index >= 15 is 0 Å². The molecule has 0 aliphatic carbocycles. The maximum Gasteiger partial charge on any atom is 0.270 e. The lowest BCUT2D eigenvalue weighted by Gasteiger charge is -2.17. The second-order valence-corrected chi connectivity index (χ2v) is 7.35. The number of benzene rings is 1. The summed E-state index contributed by atoms with van der Waals surface area (Å²) in [6.45, 7) is 9.47. The predicted octanol–water partition coefficient (Wildman–Crippen LogP) is 3.87. The summed E-state index contributed by atoms with van der Waals surface area (Å²) in [5, 5.41) is 6.32. The quantitative estimate of drug-likeness (QED) is 0.809. The van der Waals surface area contributed by atoms with Gasteiger partial charge in [-0.25, -0.2) is 9.97 Å². The standard InChI is InChI=1S/C21H28N4O2/c1-13(2)17-9-5-7-14(3)20(17)25-19-11-18(23-15(4)24-19)21(26)22-12-16-8-6-10-27-16/h5,7,9,11,13,16H,6,8,10,12H2,1-4H3,(H,22,26)(H,23,24,25). The summed E-state index contributed by atoms with van der Waals surface area (Å²) in [6, 6.07) is 7.94. The van der Waals surface area contributed by atoms with E-state index in [0.29, 0.717) is 29.8 Å². The summed E-state index contributed by atoms with van der Waals surface area (Å²) < 4.78 is 5.55. The Morgan fingerprint density at radius 1 is 1.30 bits per heavy atom. The van der Waals surface area contributed by atoms with Crippen molar-refractivity contribution >= 4 is 17.4 Å². The van der Waals surface area contributed by atoms with Gasteiger partial charge in [-0.15, -0.1) is 0 Å². The average molecular weight is 368 g/mol. The van der Waals surface area contributed by atoms with E-state index in [1.807, 2.05) is 0 Å². The first-order valence-corrected chi connectivity index (χ1v) is 9.56. The van der Waals surface area contributed by atoms with Gasteiger partial charge in [-0.2, -0.15) is 0 Å². The minimum atomic E-state index is -0.201. The summed E-state index contributed by atoms with van der Waals surface area (Å²) in [4.78, 5) is 21.3. The van der Waals surface area contributed by atoms with Crippen molar-refractivity contribution in [3.05, 3.63) is 46.9 Å². The van der Waals surface area contributed by atoms with Gasteiger partial charge >= 0.3 is 0 Å². The van der Waals surface area contributed by atoms with Crippen molar-refractivity contribution < 1.29 is 9.53 Å². The first kappa shape index (κ1) is 19.3. The SMILES string of the molecule is Cc1nc(Nc2c(C)cccc2C(C)C)cc(C(=O)NCC2CCCO2)n1. The van der Waals surface area contributed by atoms with Crippen LogP contribution in [0.4, 0.5) is 11.5 Å². The molecule has 2 aromatic rings. The molecule has 1 saturated heterocycles. The van der Waals surface area contributed by atoms with Crippen LogP contribution in [0, 0.1) is 13.8 Å². The second kappa shape index (κ2) is 8.48. The molecule has 6 heteroatoms. The lowest BCUT2D eigenvalue weighted by atomic mass is 9.98. The molecule has 1 aromatic carbocycles. The van der Waals surface area contributed by atoms with Gasteiger partial charge in [0.15, 0.2) is 0 Å². The van der Waals surface area contributed by atoms with Crippen molar-refractivity contribution in [1.29, 1.82) is 0 Å². The first-order valence-electron chi connectivity index (χ1n) is 9.56. The Bertz CT molecular complexity index is 814. The van der Waals surface area contributed by atoms with Crippen molar-refractivity contribution in [1.82, 2.24) is 15.3 Å². The summed E-state index contributed by atoms with van der Waals surface area (Å²) >= 11 is 0. The molecule has 1 aromatic heterocycles. The molecule has 2 heterocycles. The zero-order valence-corrected chi connectivity index (χ0v) is 16.5. The largest absolute Gasteiger partial charge is 0.376 e. The van der Waals surface area contributed by atoms with Gasteiger partial charge in [0.25, 0.3) is 5.91 Å². The van der Waals surface area contributed by atoms with Crippen LogP contribution in [0.15, 0.2) is 24.3 Å². The molecule has 1 fully saturated rings. The highest BCUT2D eigenvalue weighted by Crippen LogP contribution is 2.29. The van der Waals surface area contributed by atoms with E-state index in [-0.39, 0.29) is 12.0 Å². The fourth-order valence-corrected chi connectivity index (χ4v) is 3.32. The van der Waals surface area contributed by atoms with Gasteiger partial charge in [0.2, 0.25) is 0 Å². The molecular formula is C21H28N4O2. The summed E-state index contributed by atoms with van der Waals surface area (Å²) in [6.07, 6.45) is 2.15. The Labute approximate surface area is 160 Å². The molecule has 6 nitrogen and oxygen atoms in total. The number of carbonyl (C=O) groups is 1. The number of nitrogens with one attached hydrogen (secondary N) is 2. The summed E-state index contributed by atoms with van der Waals surface area (Å²) in [5.41, 5.74) is 3.76. The number of anilines is 2. The van der Waals surface area contributed by atoms with E-state index in [1.54, 1.807) is 13.0 Å². The number of aromatic nitrogens is 2. The molecule has 1 unspecified atom stereocenters. The molecule has 144 valence electrons. The first-order chi connectivity index (χ1) is 12.9. The number of amides is 1. The number of para-hydroxylation sites is 1. The maximum absolute atomic E-state index is 12.5. The highest BCUT2D eigenvalue weighted by molar-refractivity contribution is 5.93. The topological polar surface area (TPSA) is 76.1 Å². The van der Waals surface area contributed by atoms with Crippen LogP contribution in [-0.4, -0.2) is 35.1 Å². The lowest BCUT2D eigenvalue weighted by Crippen LogP contribution is -2.32. The van der Waals surface area contributed by atoms with E-state index < -0.39 is 0 Å². The highest BCUT2D eigenvalue weighted by Gasteiger charge is 2.18. The second-order valence-electron chi connectivity index (χ2n) is 7.35. The fraction of sp³-hybridized carbons (Fsp3) is 0.476. The normalized spacial score (nSPS) is 16.6. The van der Waals surface area contributed by atoms with E-state index in [1.165, 1.54) is 5.56 Å². The number of carbonyl (C=O) groups excluding carboxylic acids is 1. The van der Waals surface area contributed by atoms with E-state index in [9.17, 15) is 4.79 Å². The Morgan fingerprint density at radius 2 is 2.11 bits per heavy atom. The van der Waals surface area contributed by atoms with Crippen molar-refractivity contribution in [3.63, 3.8) is 0 Å². The summed E-state index contributed by atoms with van der Waals surface area (Å²) in [5.74, 6) is 1.36. The Hall–Kier alpha value is -2.47. The minimum absolute atomic E-state index is 0.107. The van der Waals surface area contributed by atoms with Crippen molar-refractivity contribution in [2.24, 2.45) is 0 Å². The molecular weight excluding hydrogens is 340 g/mol. The predicted molar refractivity (Wildman–Crippen MR) is 107 cm³/mol. The number of hydrogen-bond donors (Lipinski definition) is 2.